The summed E-state index contributed by atoms with van der Waals surface area (Å²) in [4.78, 5) is 2.49. The van der Waals surface area contributed by atoms with Crippen molar-refractivity contribution < 1.29 is 0 Å². The molecule has 1 aliphatic carbocycles. The van der Waals surface area contributed by atoms with Crippen molar-refractivity contribution >= 4 is 0 Å². The van der Waals surface area contributed by atoms with Gasteiger partial charge in [-0.2, -0.15) is 0 Å². The van der Waals surface area contributed by atoms with Crippen LogP contribution in [0.2, 0.25) is 0 Å². The van der Waals surface area contributed by atoms with E-state index in [0.717, 1.165) is 19.0 Å². The molecule has 0 aromatic carbocycles. The first-order chi connectivity index (χ1) is 6.24. The van der Waals surface area contributed by atoms with Crippen molar-refractivity contribution in [1.82, 2.24) is 10.2 Å². The summed E-state index contributed by atoms with van der Waals surface area (Å²) < 4.78 is 0. The number of likely N-dealkylation sites (N-methyl/N-ethyl adjacent to an activating group) is 2. The molecule has 0 saturated heterocycles. The fourth-order valence-corrected chi connectivity index (χ4v) is 1.77. The van der Waals surface area contributed by atoms with Gasteiger partial charge in [-0.15, -0.1) is 0 Å². The zero-order chi connectivity index (χ0) is 9.68. The summed E-state index contributed by atoms with van der Waals surface area (Å²) in [5.74, 6) is 0.995. The SMILES string of the molecule is CCNCC(C)N(C)CC1CCC1. The van der Waals surface area contributed by atoms with Crippen LogP contribution in [0.25, 0.3) is 0 Å². The van der Waals surface area contributed by atoms with E-state index in [1.807, 2.05) is 0 Å². The lowest BCUT2D eigenvalue weighted by atomic mass is 9.85. The van der Waals surface area contributed by atoms with E-state index in [4.69, 9.17) is 0 Å². The van der Waals surface area contributed by atoms with Crippen LogP contribution in [0, 0.1) is 5.92 Å². The Morgan fingerprint density at radius 1 is 1.46 bits per heavy atom. The molecule has 0 amide bonds. The van der Waals surface area contributed by atoms with Gasteiger partial charge in [0.15, 0.2) is 0 Å². The number of hydrogen-bond acceptors (Lipinski definition) is 2. The maximum absolute atomic E-state index is 3.40. The highest BCUT2D eigenvalue weighted by atomic mass is 15.1. The molecular weight excluding hydrogens is 160 g/mol. The number of rotatable bonds is 6. The lowest BCUT2D eigenvalue weighted by molar-refractivity contribution is 0.168. The molecule has 0 aliphatic heterocycles. The maximum Gasteiger partial charge on any atom is 0.0189 e. The van der Waals surface area contributed by atoms with E-state index in [0.29, 0.717) is 6.04 Å². The third kappa shape index (κ3) is 3.65. The van der Waals surface area contributed by atoms with Gasteiger partial charge in [-0.25, -0.2) is 0 Å². The molecule has 1 unspecified atom stereocenters. The second-order valence-corrected chi connectivity index (χ2v) is 4.39. The molecule has 2 heteroatoms. The Hall–Kier alpha value is -0.0800. The molecule has 1 atom stereocenters. The van der Waals surface area contributed by atoms with E-state index >= 15 is 0 Å². The average Bonchev–Trinajstić information content (AvgIpc) is 2.06. The second-order valence-electron chi connectivity index (χ2n) is 4.39. The molecule has 1 fully saturated rings. The number of nitrogens with zero attached hydrogens (tertiary/aromatic N) is 1. The molecule has 0 bridgehead atoms. The molecule has 0 aromatic rings. The number of hydrogen-bond donors (Lipinski definition) is 1. The summed E-state index contributed by atoms with van der Waals surface area (Å²) >= 11 is 0. The van der Waals surface area contributed by atoms with Gasteiger partial charge in [-0.3, -0.25) is 0 Å². The van der Waals surface area contributed by atoms with Crippen LogP contribution in [0.3, 0.4) is 0 Å². The van der Waals surface area contributed by atoms with Crippen molar-refractivity contribution in [3.63, 3.8) is 0 Å². The van der Waals surface area contributed by atoms with Gasteiger partial charge < -0.3 is 10.2 Å². The lowest BCUT2D eigenvalue weighted by Crippen LogP contribution is -2.41. The summed E-state index contributed by atoms with van der Waals surface area (Å²) in [6.45, 7) is 7.98. The Bertz CT molecular complexity index is 132. The first kappa shape index (κ1) is 11.0. The topological polar surface area (TPSA) is 15.3 Å². The highest BCUT2D eigenvalue weighted by Gasteiger charge is 2.20. The van der Waals surface area contributed by atoms with E-state index in [1.54, 1.807) is 0 Å². The van der Waals surface area contributed by atoms with Gasteiger partial charge in [0.25, 0.3) is 0 Å². The van der Waals surface area contributed by atoms with Crippen LogP contribution in [-0.4, -0.2) is 37.6 Å². The molecule has 1 N–H and O–H groups in total. The predicted octanol–water partition coefficient (Wildman–Crippen LogP) is 1.72. The van der Waals surface area contributed by atoms with E-state index < -0.39 is 0 Å². The molecule has 2 nitrogen and oxygen atoms in total. The van der Waals surface area contributed by atoms with Crippen molar-refractivity contribution in [1.29, 1.82) is 0 Å². The number of nitrogens with one attached hydrogen (secondary N) is 1. The van der Waals surface area contributed by atoms with Gasteiger partial charge in [0, 0.05) is 19.1 Å². The third-order valence-corrected chi connectivity index (χ3v) is 3.21. The molecular formula is C11H24N2. The van der Waals surface area contributed by atoms with Crippen LogP contribution >= 0.6 is 0 Å². The minimum atomic E-state index is 0.681. The van der Waals surface area contributed by atoms with Crippen molar-refractivity contribution in [2.24, 2.45) is 5.92 Å². The maximum atomic E-state index is 3.40. The summed E-state index contributed by atoms with van der Waals surface area (Å²) in [5.41, 5.74) is 0. The molecule has 1 saturated carbocycles. The lowest BCUT2D eigenvalue weighted by Gasteiger charge is -2.33. The highest BCUT2D eigenvalue weighted by Crippen LogP contribution is 2.27. The minimum Gasteiger partial charge on any atom is -0.315 e. The third-order valence-electron chi connectivity index (χ3n) is 3.21. The highest BCUT2D eigenvalue weighted by molar-refractivity contribution is 4.75. The van der Waals surface area contributed by atoms with E-state index in [9.17, 15) is 0 Å². The van der Waals surface area contributed by atoms with Crippen molar-refractivity contribution in [3.8, 4) is 0 Å². The summed E-state index contributed by atoms with van der Waals surface area (Å²) in [5, 5.41) is 3.40. The Labute approximate surface area is 82.7 Å². The molecule has 0 heterocycles. The van der Waals surface area contributed by atoms with Gasteiger partial charge in [-0.1, -0.05) is 13.3 Å². The van der Waals surface area contributed by atoms with E-state index in [1.165, 1.54) is 25.8 Å². The van der Waals surface area contributed by atoms with Crippen LogP contribution in [-0.2, 0) is 0 Å². The quantitative estimate of drug-likeness (QED) is 0.676. The van der Waals surface area contributed by atoms with Crippen molar-refractivity contribution in [2.45, 2.75) is 39.2 Å². The van der Waals surface area contributed by atoms with Gasteiger partial charge in [0.1, 0.15) is 0 Å². The summed E-state index contributed by atoms with van der Waals surface area (Å²) in [6, 6.07) is 0.681. The smallest absolute Gasteiger partial charge is 0.0189 e. The Morgan fingerprint density at radius 2 is 2.15 bits per heavy atom. The normalized spacial score (nSPS) is 20.3. The average molecular weight is 184 g/mol. The molecule has 0 spiro atoms. The molecule has 0 aromatic heterocycles. The van der Waals surface area contributed by atoms with Crippen LogP contribution in [0.1, 0.15) is 33.1 Å². The van der Waals surface area contributed by atoms with E-state index in [-0.39, 0.29) is 0 Å². The largest absolute Gasteiger partial charge is 0.315 e. The second kappa shape index (κ2) is 5.61. The van der Waals surface area contributed by atoms with Gasteiger partial charge >= 0.3 is 0 Å². The van der Waals surface area contributed by atoms with Crippen LogP contribution in [0.15, 0.2) is 0 Å². The Kier molecular flexibility index (Phi) is 4.74. The van der Waals surface area contributed by atoms with Crippen molar-refractivity contribution in [3.05, 3.63) is 0 Å². The first-order valence-electron chi connectivity index (χ1n) is 5.65. The van der Waals surface area contributed by atoms with Crippen LogP contribution < -0.4 is 5.32 Å². The standard InChI is InChI=1S/C11H24N2/c1-4-12-8-10(2)13(3)9-11-6-5-7-11/h10-12H,4-9H2,1-3H3. The molecule has 0 radical (unpaired) electrons. The first-order valence-corrected chi connectivity index (χ1v) is 5.65. The molecule has 78 valence electrons. The van der Waals surface area contributed by atoms with Gasteiger partial charge in [0.05, 0.1) is 0 Å². The summed E-state index contributed by atoms with van der Waals surface area (Å²) in [7, 11) is 2.25. The predicted molar refractivity (Wildman–Crippen MR) is 58.0 cm³/mol. The molecule has 13 heavy (non-hydrogen) atoms. The van der Waals surface area contributed by atoms with Crippen LogP contribution in [0.4, 0.5) is 0 Å². The van der Waals surface area contributed by atoms with Gasteiger partial charge in [-0.05, 0) is 39.3 Å². The zero-order valence-electron chi connectivity index (χ0n) is 9.34. The van der Waals surface area contributed by atoms with Gasteiger partial charge in [0.2, 0.25) is 0 Å². The Balaban J connectivity index is 2.09. The Morgan fingerprint density at radius 3 is 2.62 bits per heavy atom. The minimum absolute atomic E-state index is 0.681. The zero-order valence-corrected chi connectivity index (χ0v) is 9.34. The molecule has 1 rings (SSSR count). The monoisotopic (exact) mass is 184 g/mol. The fraction of sp³-hybridized carbons (Fsp3) is 1.00. The summed E-state index contributed by atoms with van der Waals surface area (Å²) in [6.07, 6.45) is 4.37. The van der Waals surface area contributed by atoms with Crippen molar-refractivity contribution in [2.75, 3.05) is 26.7 Å². The van der Waals surface area contributed by atoms with Crippen LogP contribution in [0.5, 0.6) is 0 Å². The fourth-order valence-electron chi connectivity index (χ4n) is 1.77. The molecule has 1 aliphatic rings. The van der Waals surface area contributed by atoms with E-state index in [2.05, 4.69) is 31.1 Å².